The molecule has 4 heterocycles. The summed E-state index contributed by atoms with van der Waals surface area (Å²) in [6, 6.07) is 0. The monoisotopic (exact) mass is 788 g/mol. The predicted molar refractivity (Wildman–Crippen MR) is 175 cm³/mol. The zero-order chi connectivity index (χ0) is 40.1. The summed E-state index contributed by atoms with van der Waals surface area (Å²) in [7, 11) is 1.92. The lowest BCUT2D eigenvalue weighted by Crippen LogP contribution is -2.65. The highest BCUT2D eigenvalue weighted by molar-refractivity contribution is 6.01. The number of unbranched alkanes of at least 4 members (excludes halogenated alkanes) is 3. The Kier molecular flexibility index (Phi) is 19.4. The number of carbonyl (C=O) groups excluding carboxylic acids is 3. The summed E-state index contributed by atoms with van der Waals surface area (Å²) < 4.78 is 33.5. The first kappa shape index (κ1) is 46.3. The minimum Gasteiger partial charge on any atom is -0.394 e. The van der Waals surface area contributed by atoms with Gasteiger partial charge in [-0.15, -0.1) is 5.06 Å². The molecule has 0 bridgehead atoms. The number of aliphatic hydroxyl groups is 10. The zero-order valence-electron chi connectivity index (χ0n) is 30.2. The van der Waals surface area contributed by atoms with Crippen molar-refractivity contribution in [3.05, 3.63) is 0 Å². The zero-order valence-corrected chi connectivity index (χ0v) is 30.2. The van der Waals surface area contributed by atoms with Crippen molar-refractivity contribution in [1.82, 2.24) is 9.96 Å². The molecule has 4 aliphatic heterocycles. The molecule has 0 aliphatic carbocycles. The third-order valence-corrected chi connectivity index (χ3v) is 9.36. The van der Waals surface area contributed by atoms with Gasteiger partial charge >= 0.3 is 6.47 Å². The Morgan fingerprint density at radius 1 is 0.685 bits per heavy atom. The summed E-state index contributed by atoms with van der Waals surface area (Å²) in [5.74, 6) is -0.922. The lowest BCUT2D eigenvalue weighted by atomic mass is 9.96. The van der Waals surface area contributed by atoms with Crippen molar-refractivity contribution in [2.45, 2.75) is 138 Å². The number of hydrogen-bond donors (Lipinski definition) is 10. The molecule has 4 fully saturated rings. The molecule has 9 unspecified atom stereocenters. The van der Waals surface area contributed by atoms with E-state index in [9.17, 15) is 65.4 Å². The van der Waals surface area contributed by atoms with E-state index in [1.54, 1.807) is 0 Å². The number of imide groups is 1. The van der Waals surface area contributed by atoms with Crippen molar-refractivity contribution in [3.8, 4) is 0 Å². The maximum Gasteiger partial charge on any atom is 0.321 e. The van der Waals surface area contributed by atoms with E-state index in [-0.39, 0.29) is 25.9 Å². The van der Waals surface area contributed by atoms with Crippen LogP contribution in [-0.2, 0) is 47.6 Å². The Labute approximate surface area is 311 Å². The highest BCUT2D eigenvalue weighted by atomic mass is 16.8. The van der Waals surface area contributed by atoms with E-state index in [1.165, 1.54) is 0 Å². The predicted octanol–water partition coefficient (Wildman–Crippen LogP) is -5.81. The van der Waals surface area contributed by atoms with Gasteiger partial charge in [0.15, 0.2) is 18.9 Å². The Hall–Kier alpha value is -2.07. The summed E-state index contributed by atoms with van der Waals surface area (Å²) in [5, 5.41) is 103. The molecule has 0 radical (unpaired) electrons. The second-order valence-corrected chi connectivity index (χ2v) is 13.4. The first-order valence-corrected chi connectivity index (χ1v) is 17.9. The van der Waals surface area contributed by atoms with E-state index in [1.807, 2.05) is 11.9 Å². The van der Waals surface area contributed by atoms with Gasteiger partial charge in [0, 0.05) is 19.4 Å². The van der Waals surface area contributed by atoms with E-state index in [4.69, 9.17) is 28.4 Å². The lowest BCUT2D eigenvalue weighted by Gasteiger charge is -2.46. The summed E-state index contributed by atoms with van der Waals surface area (Å²) in [6.07, 6.45) is -19.1. The topological polar surface area (TPSA) is 325 Å². The smallest absolute Gasteiger partial charge is 0.321 e. The van der Waals surface area contributed by atoms with Crippen molar-refractivity contribution in [1.29, 1.82) is 0 Å². The van der Waals surface area contributed by atoms with Gasteiger partial charge in [0.2, 0.25) is 0 Å². The van der Waals surface area contributed by atoms with Gasteiger partial charge in [0.1, 0.15) is 73.2 Å². The van der Waals surface area contributed by atoms with Crippen LogP contribution in [-0.4, -0.2) is 218 Å². The largest absolute Gasteiger partial charge is 0.394 e. The highest BCUT2D eigenvalue weighted by Gasteiger charge is 2.52. The number of ether oxygens (including phenoxy) is 6. The third kappa shape index (κ3) is 12.2. The molecule has 0 spiro atoms. The maximum absolute atomic E-state index is 11.1. The van der Waals surface area contributed by atoms with E-state index in [2.05, 4.69) is 11.8 Å². The van der Waals surface area contributed by atoms with E-state index >= 15 is 0 Å². The molecule has 10 N–H and O–H groups in total. The minimum atomic E-state index is -1.82. The molecule has 4 saturated heterocycles. The van der Waals surface area contributed by atoms with Crippen LogP contribution in [0.3, 0.4) is 0 Å². The number of likely N-dealkylation sites (N-methyl/N-ethyl adjacent to an activating group) is 1. The van der Waals surface area contributed by atoms with Gasteiger partial charge in [0.05, 0.1) is 26.4 Å². The average Bonchev–Trinajstić information content (AvgIpc) is 3.48. The van der Waals surface area contributed by atoms with Crippen LogP contribution in [0.15, 0.2) is 0 Å². The molecule has 22 nitrogen and oxygen atoms in total. The number of rotatable bonds is 18. The minimum absolute atomic E-state index is 0.0567. The fraction of sp³-hybridized carbons (Fsp3) is 0.906. The fourth-order valence-electron chi connectivity index (χ4n) is 6.03. The molecule has 0 saturated carbocycles. The molecular weight excluding hydrogens is 732 g/mol. The Balaban J connectivity index is 0.000000676. The van der Waals surface area contributed by atoms with Gasteiger partial charge in [-0.05, 0) is 20.0 Å². The number of nitrogens with zero attached hydrogens (tertiary/aromatic N) is 2. The third-order valence-electron chi connectivity index (χ3n) is 9.36. The molecule has 15 atom stereocenters. The van der Waals surface area contributed by atoms with E-state index in [0.29, 0.717) is 11.6 Å². The quantitative estimate of drug-likeness (QED) is 0.0351. The van der Waals surface area contributed by atoms with Crippen LogP contribution in [0.25, 0.3) is 0 Å². The van der Waals surface area contributed by atoms with Crippen molar-refractivity contribution in [2.75, 3.05) is 46.6 Å². The van der Waals surface area contributed by atoms with E-state index < -0.39 is 124 Å². The van der Waals surface area contributed by atoms with E-state index in [0.717, 1.165) is 32.2 Å². The number of hydrogen-bond acceptors (Lipinski definition) is 21. The van der Waals surface area contributed by atoms with Gasteiger partial charge in [-0.3, -0.25) is 14.4 Å². The number of carbonyl (C=O) groups is 3. The maximum atomic E-state index is 11.1. The van der Waals surface area contributed by atoms with Crippen molar-refractivity contribution in [2.24, 2.45) is 0 Å². The van der Waals surface area contributed by atoms with Crippen LogP contribution >= 0.6 is 0 Å². The van der Waals surface area contributed by atoms with Gasteiger partial charge < -0.3 is 89.2 Å². The Morgan fingerprint density at radius 2 is 1.22 bits per heavy atom. The van der Waals surface area contributed by atoms with Crippen LogP contribution in [0.1, 0.15) is 45.4 Å². The molecule has 0 aromatic rings. The Bertz CT molecular complexity index is 1120. The molecular formula is C32H56N2O20. The molecule has 4 rings (SSSR count). The molecule has 0 aromatic carbocycles. The normalized spacial score (nSPS) is 38.7. The molecule has 2 amide bonds. The molecule has 54 heavy (non-hydrogen) atoms. The molecule has 4 aliphatic rings. The number of amides is 2. The van der Waals surface area contributed by atoms with Crippen LogP contribution in [0.4, 0.5) is 0 Å². The number of hydroxylamine groups is 2. The van der Waals surface area contributed by atoms with Gasteiger partial charge in [-0.2, -0.15) is 0 Å². The first-order valence-electron chi connectivity index (χ1n) is 17.9. The van der Waals surface area contributed by atoms with Crippen LogP contribution in [0, 0.1) is 0 Å². The van der Waals surface area contributed by atoms with Crippen molar-refractivity contribution >= 4 is 18.3 Å². The first-order chi connectivity index (χ1) is 25.7. The summed E-state index contributed by atoms with van der Waals surface area (Å²) >= 11 is 0. The second kappa shape index (κ2) is 22.6. The van der Waals surface area contributed by atoms with Crippen LogP contribution < -0.4 is 0 Å². The van der Waals surface area contributed by atoms with Crippen LogP contribution in [0.2, 0.25) is 0 Å². The van der Waals surface area contributed by atoms with Gasteiger partial charge in [-0.1, -0.05) is 26.2 Å². The highest BCUT2D eigenvalue weighted by Crippen LogP contribution is 2.31. The van der Waals surface area contributed by atoms with Crippen molar-refractivity contribution < 1.29 is 98.7 Å². The SMILES string of the molecule is CCCCCCN(C)CCO[C@H]1OC(CO[C@H]2OC(CO)[C@@H](O)C(O)C2O)[C@@H](O)C(O[C@H]2OC(CO)[C@@H](O)C(O)C2O)C1O.O=CON1C(=O)CCC1=O. The molecule has 0 aromatic heterocycles. The summed E-state index contributed by atoms with van der Waals surface area (Å²) in [6.45, 7) is 1.66. The van der Waals surface area contributed by atoms with Gasteiger partial charge in [-0.25, -0.2) is 0 Å². The second-order valence-electron chi connectivity index (χ2n) is 13.4. The van der Waals surface area contributed by atoms with Crippen molar-refractivity contribution in [3.63, 3.8) is 0 Å². The average molecular weight is 789 g/mol. The molecule has 22 heteroatoms. The Morgan fingerprint density at radius 3 is 1.78 bits per heavy atom. The summed E-state index contributed by atoms with van der Waals surface area (Å²) in [4.78, 5) is 37.0. The standard InChI is InChI=1S/C27H51NO16.C5H5NO4/c1-3-4-5-6-7-28(2)8-9-39-26-23(38)24(44-27-22(37)20(35)17(32)14(11-30)42-27)18(33)15(43-26)12-40-25-21(36)19(34)16(31)13(10-29)41-25;7-3-10-6-4(8)1-2-5(6)9/h13-27,29-38H,3-12H2,1-2H3;3H,1-2H2/t13?,14?,15?,16-,17-,18-,19?,20?,21?,22?,23?,24?,25+,26+,27-;/m1./s1. The molecule has 314 valence electrons. The fourth-order valence-corrected chi connectivity index (χ4v) is 6.03. The number of aliphatic hydroxyl groups excluding tert-OH is 10. The lowest BCUT2D eigenvalue weighted by molar-refractivity contribution is -0.366. The van der Waals surface area contributed by atoms with Gasteiger partial charge in [0.25, 0.3) is 11.8 Å². The summed E-state index contributed by atoms with van der Waals surface area (Å²) in [5.41, 5.74) is 0. The van der Waals surface area contributed by atoms with Crippen LogP contribution in [0.5, 0.6) is 0 Å².